The summed E-state index contributed by atoms with van der Waals surface area (Å²) in [5.74, 6) is -0.0769. The van der Waals surface area contributed by atoms with Crippen molar-refractivity contribution in [3.63, 3.8) is 0 Å². The van der Waals surface area contributed by atoms with Crippen LogP contribution in [-0.4, -0.2) is 22.1 Å². The number of carbonyl (C=O) groups is 1. The van der Waals surface area contributed by atoms with Crippen LogP contribution in [0, 0.1) is 5.92 Å². The second-order valence-corrected chi connectivity index (χ2v) is 7.11. The molecule has 138 valence electrons. The summed E-state index contributed by atoms with van der Waals surface area (Å²) in [6.45, 7) is 1.09. The Kier molecular flexibility index (Phi) is 6.47. The van der Waals surface area contributed by atoms with Gasteiger partial charge in [-0.1, -0.05) is 17.7 Å². The standard InChI is InChI=1S/C20H23ClN2O3/c21-17-5-8-19(26-13-14-2-1-9-22-11-14)16(10-17)12-23-18-6-3-15(4-7-18)20(24)25/h1-2,5,8-11,15,18,23H,3-4,6-7,12-13H2,(H,24,25). The molecule has 1 aliphatic carbocycles. The molecule has 2 N–H and O–H groups in total. The van der Waals surface area contributed by atoms with Crippen LogP contribution in [0.3, 0.4) is 0 Å². The molecule has 0 saturated heterocycles. The average Bonchev–Trinajstić information content (AvgIpc) is 2.66. The fraction of sp³-hybridized carbons (Fsp3) is 0.400. The van der Waals surface area contributed by atoms with Gasteiger partial charge in [0.2, 0.25) is 0 Å². The second-order valence-electron chi connectivity index (χ2n) is 6.67. The van der Waals surface area contributed by atoms with Crippen LogP contribution in [0.2, 0.25) is 5.02 Å². The Morgan fingerprint density at radius 3 is 2.77 bits per heavy atom. The molecular weight excluding hydrogens is 352 g/mol. The third kappa shape index (κ3) is 5.19. The van der Waals surface area contributed by atoms with Gasteiger partial charge >= 0.3 is 5.97 Å². The number of hydrogen-bond acceptors (Lipinski definition) is 4. The number of nitrogens with zero attached hydrogens (tertiary/aromatic N) is 1. The van der Waals surface area contributed by atoms with E-state index >= 15 is 0 Å². The van der Waals surface area contributed by atoms with Crippen LogP contribution in [0.25, 0.3) is 0 Å². The van der Waals surface area contributed by atoms with Crippen molar-refractivity contribution in [2.24, 2.45) is 5.92 Å². The quantitative estimate of drug-likeness (QED) is 0.765. The van der Waals surface area contributed by atoms with Gasteiger partial charge < -0.3 is 15.2 Å². The molecule has 0 amide bonds. The van der Waals surface area contributed by atoms with Crippen molar-refractivity contribution < 1.29 is 14.6 Å². The SMILES string of the molecule is O=C(O)C1CCC(NCc2cc(Cl)ccc2OCc2cccnc2)CC1. The van der Waals surface area contributed by atoms with Crippen molar-refractivity contribution in [2.45, 2.75) is 44.9 Å². The Hall–Kier alpha value is -2.11. The largest absolute Gasteiger partial charge is 0.489 e. The molecule has 0 atom stereocenters. The Balaban J connectivity index is 1.57. The van der Waals surface area contributed by atoms with E-state index in [1.54, 1.807) is 12.4 Å². The monoisotopic (exact) mass is 374 g/mol. The minimum absolute atomic E-state index is 0.197. The van der Waals surface area contributed by atoms with Gasteiger partial charge in [0.1, 0.15) is 12.4 Å². The summed E-state index contributed by atoms with van der Waals surface area (Å²) in [5, 5.41) is 13.3. The van der Waals surface area contributed by atoms with E-state index in [0.29, 0.717) is 24.2 Å². The highest BCUT2D eigenvalue weighted by atomic mass is 35.5. The maximum absolute atomic E-state index is 11.1. The molecule has 2 aromatic rings. The Bertz CT molecular complexity index is 731. The van der Waals surface area contributed by atoms with E-state index in [4.69, 9.17) is 21.4 Å². The van der Waals surface area contributed by atoms with Gasteiger partial charge in [-0.05, 0) is 49.9 Å². The summed E-state index contributed by atoms with van der Waals surface area (Å²) in [5.41, 5.74) is 2.01. The first-order chi connectivity index (χ1) is 12.6. The van der Waals surface area contributed by atoms with Crippen molar-refractivity contribution in [3.05, 3.63) is 58.9 Å². The van der Waals surface area contributed by atoms with E-state index in [-0.39, 0.29) is 5.92 Å². The molecule has 5 nitrogen and oxygen atoms in total. The lowest BCUT2D eigenvalue weighted by atomic mass is 9.86. The fourth-order valence-corrected chi connectivity index (χ4v) is 3.47. The molecule has 1 aliphatic rings. The zero-order chi connectivity index (χ0) is 18.4. The van der Waals surface area contributed by atoms with Crippen LogP contribution in [-0.2, 0) is 17.9 Å². The van der Waals surface area contributed by atoms with Gasteiger partial charge in [-0.25, -0.2) is 0 Å². The molecule has 6 heteroatoms. The number of aliphatic carboxylic acids is 1. The maximum Gasteiger partial charge on any atom is 0.306 e. The molecular formula is C20H23ClN2O3. The normalized spacial score (nSPS) is 19.9. The molecule has 26 heavy (non-hydrogen) atoms. The molecule has 0 aliphatic heterocycles. The number of rotatable bonds is 7. The number of carboxylic acids is 1. The van der Waals surface area contributed by atoms with Gasteiger partial charge in [0.15, 0.2) is 0 Å². The number of nitrogens with one attached hydrogen (secondary N) is 1. The number of hydrogen-bond donors (Lipinski definition) is 2. The van der Waals surface area contributed by atoms with Gasteiger partial charge in [0, 0.05) is 41.1 Å². The van der Waals surface area contributed by atoms with Gasteiger partial charge in [0.25, 0.3) is 0 Å². The van der Waals surface area contributed by atoms with E-state index in [0.717, 1.165) is 42.6 Å². The smallest absolute Gasteiger partial charge is 0.306 e. The highest BCUT2D eigenvalue weighted by Gasteiger charge is 2.25. The fourth-order valence-electron chi connectivity index (χ4n) is 3.27. The second kappa shape index (κ2) is 9.01. The Morgan fingerprint density at radius 1 is 1.27 bits per heavy atom. The van der Waals surface area contributed by atoms with Crippen LogP contribution in [0.1, 0.15) is 36.8 Å². The molecule has 0 bridgehead atoms. The Labute approximate surface area is 158 Å². The lowest BCUT2D eigenvalue weighted by Gasteiger charge is -2.27. The third-order valence-corrected chi connectivity index (χ3v) is 5.03. The van der Waals surface area contributed by atoms with Crippen LogP contribution in [0.5, 0.6) is 5.75 Å². The first kappa shape index (κ1) is 18.7. The number of carboxylic acid groups (broad SMARTS) is 1. The molecule has 0 radical (unpaired) electrons. The molecule has 0 unspecified atom stereocenters. The highest BCUT2D eigenvalue weighted by molar-refractivity contribution is 6.30. The molecule has 1 fully saturated rings. The lowest BCUT2D eigenvalue weighted by Crippen LogP contribution is -2.34. The molecule has 1 aromatic carbocycles. The third-order valence-electron chi connectivity index (χ3n) is 4.80. The van der Waals surface area contributed by atoms with Crippen molar-refractivity contribution in [2.75, 3.05) is 0 Å². The summed E-state index contributed by atoms with van der Waals surface area (Å²) in [7, 11) is 0. The zero-order valence-corrected chi connectivity index (χ0v) is 15.3. The number of aromatic nitrogens is 1. The van der Waals surface area contributed by atoms with Gasteiger partial charge in [-0.2, -0.15) is 0 Å². The van der Waals surface area contributed by atoms with Gasteiger partial charge in [-0.15, -0.1) is 0 Å². The number of ether oxygens (including phenoxy) is 1. The summed E-state index contributed by atoms with van der Waals surface area (Å²) >= 11 is 6.15. The summed E-state index contributed by atoms with van der Waals surface area (Å²) in [4.78, 5) is 15.1. The van der Waals surface area contributed by atoms with Crippen LogP contribution in [0.4, 0.5) is 0 Å². The maximum atomic E-state index is 11.1. The van der Waals surface area contributed by atoms with Crippen molar-refractivity contribution in [1.29, 1.82) is 0 Å². The van der Waals surface area contributed by atoms with Crippen LogP contribution in [0.15, 0.2) is 42.7 Å². The molecule has 1 aromatic heterocycles. The number of halogens is 1. The minimum Gasteiger partial charge on any atom is -0.489 e. The average molecular weight is 375 g/mol. The van der Waals surface area contributed by atoms with E-state index < -0.39 is 5.97 Å². The predicted octanol–water partition coefficient (Wildman–Crippen LogP) is 4.05. The van der Waals surface area contributed by atoms with E-state index in [2.05, 4.69) is 10.3 Å². The van der Waals surface area contributed by atoms with Gasteiger partial charge in [-0.3, -0.25) is 9.78 Å². The lowest BCUT2D eigenvalue weighted by molar-refractivity contribution is -0.142. The van der Waals surface area contributed by atoms with Crippen molar-refractivity contribution in [1.82, 2.24) is 10.3 Å². The molecule has 1 heterocycles. The highest BCUT2D eigenvalue weighted by Crippen LogP contribution is 2.27. The summed E-state index contributed by atoms with van der Waals surface area (Å²) < 4.78 is 5.95. The molecule has 0 spiro atoms. The molecule has 1 saturated carbocycles. The van der Waals surface area contributed by atoms with Crippen molar-refractivity contribution in [3.8, 4) is 5.75 Å². The van der Waals surface area contributed by atoms with E-state index in [1.165, 1.54) is 0 Å². The Morgan fingerprint density at radius 2 is 2.08 bits per heavy atom. The summed E-state index contributed by atoms with van der Waals surface area (Å²) in [6, 6.07) is 9.81. The van der Waals surface area contributed by atoms with Crippen molar-refractivity contribution >= 4 is 17.6 Å². The van der Waals surface area contributed by atoms with Crippen LogP contribution < -0.4 is 10.1 Å². The summed E-state index contributed by atoms with van der Waals surface area (Å²) in [6.07, 6.45) is 6.74. The van der Waals surface area contributed by atoms with Gasteiger partial charge in [0.05, 0.1) is 5.92 Å². The van der Waals surface area contributed by atoms with E-state index in [1.807, 2.05) is 30.3 Å². The number of pyridine rings is 1. The number of benzene rings is 1. The minimum atomic E-state index is -0.677. The first-order valence-corrected chi connectivity index (χ1v) is 9.26. The van der Waals surface area contributed by atoms with Crippen LogP contribution >= 0.6 is 11.6 Å². The molecule has 3 rings (SSSR count). The predicted molar refractivity (Wildman–Crippen MR) is 100 cm³/mol. The van der Waals surface area contributed by atoms with E-state index in [9.17, 15) is 4.79 Å². The topological polar surface area (TPSA) is 71.5 Å². The zero-order valence-electron chi connectivity index (χ0n) is 14.5. The first-order valence-electron chi connectivity index (χ1n) is 8.88.